The first-order valence-electron chi connectivity index (χ1n) is 4.49. The maximum absolute atomic E-state index is 10.5. The minimum absolute atomic E-state index is 0.0831. The number of ether oxygens (including phenoxy) is 2. The molecule has 0 heterocycles. The third kappa shape index (κ3) is 3.39. The van der Waals surface area contributed by atoms with Gasteiger partial charge in [0.15, 0.2) is 0 Å². The number of carboxylic acids is 1. The Balaban J connectivity index is 2.64. The van der Waals surface area contributed by atoms with E-state index < -0.39 is 12.0 Å². The molecule has 3 N–H and O–H groups in total. The standard InChI is InChI=1S/C10H12BrNO4/c1-15-6-2-3-9(7(11)4-6)16-5-8(12)10(13)14/h2-4,8H,5,12H2,1H3,(H,13,14). The second kappa shape index (κ2) is 5.72. The van der Waals surface area contributed by atoms with E-state index in [1.165, 1.54) is 0 Å². The van der Waals surface area contributed by atoms with Crippen molar-refractivity contribution < 1.29 is 19.4 Å². The Bertz CT molecular complexity index is 383. The Hall–Kier alpha value is -1.27. The number of carboxylic acid groups (broad SMARTS) is 1. The normalized spacial score (nSPS) is 11.9. The molecule has 0 aliphatic rings. The van der Waals surface area contributed by atoms with Crippen molar-refractivity contribution in [2.45, 2.75) is 6.04 Å². The molecular formula is C10H12BrNO4. The summed E-state index contributed by atoms with van der Waals surface area (Å²) in [4.78, 5) is 10.5. The maximum atomic E-state index is 10.5. The second-order valence-corrected chi connectivity index (χ2v) is 3.91. The number of carbonyl (C=O) groups is 1. The van der Waals surface area contributed by atoms with Crippen LogP contribution in [-0.4, -0.2) is 30.8 Å². The lowest BCUT2D eigenvalue weighted by atomic mass is 10.3. The van der Waals surface area contributed by atoms with Crippen LogP contribution in [0.25, 0.3) is 0 Å². The number of nitrogens with two attached hydrogens (primary N) is 1. The number of hydrogen-bond acceptors (Lipinski definition) is 4. The van der Waals surface area contributed by atoms with Crippen LogP contribution in [0, 0.1) is 0 Å². The Morgan fingerprint density at radius 3 is 2.81 bits per heavy atom. The van der Waals surface area contributed by atoms with Crippen LogP contribution in [0.1, 0.15) is 0 Å². The number of rotatable bonds is 5. The van der Waals surface area contributed by atoms with Gasteiger partial charge in [-0.1, -0.05) is 0 Å². The first kappa shape index (κ1) is 12.8. The Labute approximate surface area is 101 Å². The van der Waals surface area contributed by atoms with Crippen LogP contribution in [0.5, 0.6) is 11.5 Å². The zero-order valence-electron chi connectivity index (χ0n) is 8.64. The molecule has 16 heavy (non-hydrogen) atoms. The van der Waals surface area contributed by atoms with Crippen molar-refractivity contribution in [2.24, 2.45) is 5.73 Å². The van der Waals surface area contributed by atoms with Crippen LogP contribution < -0.4 is 15.2 Å². The first-order chi connectivity index (χ1) is 7.54. The zero-order valence-corrected chi connectivity index (χ0v) is 10.2. The van der Waals surface area contributed by atoms with Crippen molar-refractivity contribution in [1.29, 1.82) is 0 Å². The molecule has 0 fully saturated rings. The van der Waals surface area contributed by atoms with Gasteiger partial charge >= 0.3 is 5.97 Å². The summed E-state index contributed by atoms with van der Waals surface area (Å²) in [6, 6.07) is 4.08. The summed E-state index contributed by atoms with van der Waals surface area (Å²) in [5.74, 6) is 0.115. The summed E-state index contributed by atoms with van der Waals surface area (Å²) >= 11 is 3.28. The molecular weight excluding hydrogens is 278 g/mol. The molecule has 1 rings (SSSR count). The van der Waals surface area contributed by atoms with Gasteiger partial charge in [-0.15, -0.1) is 0 Å². The van der Waals surface area contributed by atoms with E-state index in [0.29, 0.717) is 16.0 Å². The highest BCUT2D eigenvalue weighted by atomic mass is 79.9. The summed E-state index contributed by atoms with van der Waals surface area (Å²) in [5, 5.41) is 8.57. The van der Waals surface area contributed by atoms with Gasteiger partial charge in [0, 0.05) is 0 Å². The van der Waals surface area contributed by atoms with Gasteiger partial charge < -0.3 is 20.3 Å². The fourth-order valence-electron chi connectivity index (χ4n) is 0.976. The van der Waals surface area contributed by atoms with Crippen LogP contribution in [0.2, 0.25) is 0 Å². The lowest BCUT2D eigenvalue weighted by Gasteiger charge is -2.11. The molecule has 0 saturated carbocycles. The van der Waals surface area contributed by atoms with E-state index in [1.807, 2.05) is 0 Å². The number of halogens is 1. The molecule has 5 nitrogen and oxygen atoms in total. The predicted molar refractivity (Wildman–Crippen MR) is 61.8 cm³/mol. The lowest BCUT2D eigenvalue weighted by molar-refractivity contribution is -0.139. The zero-order chi connectivity index (χ0) is 12.1. The number of benzene rings is 1. The van der Waals surface area contributed by atoms with Gasteiger partial charge in [-0.3, -0.25) is 4.79 Å². The molecule has 0 bridgehead atoms. The smallest absolute Gasteiger partial charge is 0.324 e. The summed E-state index contributed by atoms with van der Waals surface area (Å²) in [5.41, 5.74) is 5.31. The molecule has 1 aromatic rings. The monoisotopic (exact) mass is 289 g/mol. The van der Waals surface area contributed by atoms with Crippen molar-refractivity contribution in [1.82, 2.24) is 0 Å². The first-order valence-corrected chi connectivity index (χ1v) is 5.28. The number of methoxy groups -OCH3 is 1. The molecule has 0 aliphatic carbocycles. The SMILES string of the molecule is COc1ccc(OCC(N)C(=O)O)c(Br)c1. The molecule has 88 valence electrons. The minimum Gasteiger partial charge on any atom is -0.497 e. The molecule has 0 spiro atoms. The van der Waals surface area contributed by atoms with Gasteiger partial charge in [-0.05, 0) is 34.1 Å². The fraction of sp³-hybridized carbons (Fsp3) is 0.300. The average Bonchev–Trinajstić information content (AvgIpc) is 2.26. The topological polar surface area (TPSA) is 81.8 Å². The molecule has 1 aromatic carbocycles. The van der Waals surface area contributed by atoms with Crippen LogP contribution in [-0.2, 0) is 4.79 Å². The largest absolute Gasteiger partial charge is 0.497 e. The third-order valence-corrected chi connectivity index (χ3v) is 2.49. The molecule has 0 amide bonds. The summed E-state index contributed by atoms with van der Waals surface area (Å²) in [7, 11) is 1.56. The van der Waals surface area contributed by atoms with E-state index in [4.69, 9.17) is 20.3 Å². The van der Waals surface area contributed by atoms with E-state index in [0.717, 1.165) is 0 Å². The minimum atomic E-state index is -1.09. The van der Waals surface area contributed by atoms with Gasteiger partial charge in [0.1, 0.15) is 24.1 Å². The van der Waals surface area contributed by atoms with Crippen molar-refractivity contribution in [3.63, 3.8) is 0 Å². The quantitative estimate of drug-likeness (QED) is 0.853. The van der Waals surface area contributed by atoms with E-state index in [-0.39, 0.29) is 6.61 Å². The number of aliphatic carboxylic acids is 1. The van der Waals surface area contributed by atoms with Crippen molar-refractivity contribution in [2.75, 3.05) is 13.7 Å². The molecule has 0 saturated heterocycles. The molecule has 1 unspecified atom stereocenters. The molecule has 0 aliphatic heterocycles. The van der Waals surface area contributed by atoms with Crippen LogP contribution in [0.3, 0.4) is 0 Å². The highest BCUT2D eigenvalue weighted by Crippen LogP contribution is 2.29. The lowest BCUT2D eigenvalue weighted by Crippen LogP contribution is -2.36. The summed E-state index contributed by atoms with van der Waals surface area (Å²) in [6.45, 7) is -0.0831. The second-order valence-electron chi connectivity index (χ2n) is 3.05. The van der Waals surface area contributed by atoms with Crippen LogP contribution in [0.4, 0.5) is 0 Å². The van der Waals surface area contributed by atoms with E-state index >= 15 is 0 Å². The van der Waals surface area contributed by atoms with Gasteiger partial charge in [0.2, 0.25) is 0 Å². The van der Waals surface area contributed by atoms with Crippen molar-refractivity contribution >= 4 is 21.9 Å². The Morgan fingerprint density at radius 1 is 1.62 bits per heavy atom. The van der Waals surface area contributed by atoms with E-state index in [2.05, 4.69) is 15.9 Å². The highest BCUT2D eigenvalue weighted by molar-refractivity contribution is 9.10. The van der Waals surface area contributed by atoms with Crippen LogP contribution in [0.15, 0.2) is 22.7 Å². The summed E-state index contributed by atoms with van der Waals surface area (Å²) < 4.78 is 10.9. The highest BCUT2D eigenvalue weighted by Gasteiger charge is 2.13. The fourth-order valence-corrected chi connectivity index (χ4v) is 1.45. The third-order valence-electron chi connectivity index (χ3n) is 1.87. The van der Waals surface area contributed by atoms with Gasteiger partial charge in [0.05, 0.1) is 11.6 Å². The average molecular weight is 290 g/mol. The Kier molecular flexibility index (Phi) is 4.57. The van der Waals surface area contributed by atoms with Crippen LogP contribution >= 0.6 is 15.9 Å². The van der Waals surface area contributed by atoms with Gasteiger partial charge in [-0.2, -0.15) is 0 Å². The van der Waals surface area contributed by atoms with E-state index in [9.17, 15) is 4.79 Å². The van der Waals surface area contributed by atoms with Gasteiger partial charge in [0.25, 0.3) is 0 Å². The Morgan fingerprint density at radius 2 is 2.31 bits per heavy atom. The predicted octanol–water partition coefficient (Wildman–Crippen LogP) is 1.25. The van der Waals surface area contributed by atoms with Crippen molar-refractivity contribution in [3.05, 3.63) is 22.7 Å². The molecule has 0 radical (unpaired) electrons. The molecule has 1 atom stereocenters. The van der Waals surface area contributed by atoms with Crippen molar-refractivity contribution in [3.8, 4) is 11.5 Å². The van der Waals surface area contributed by atoms with E-state index in [1.54, 1.807) is 25.3 Å². The summed E-state index contributed by atoms with van der Waals surface area (Å²) in [6.07, 6.45) is 0. The number of hydrogen-bond donors (Lipinski definition) is 2. The molecule has 0 aromatic heterocycles. The maximum Gasteiger partial charge on any atom is 0.324 e. The van der Waals surface area contributed by atoms with Gasteiger partial charge in [-0.25, -0.2) is 0 Å². The molecule has 6 heteroatoms.